The quantitative estimate of drug-likeness (QED) is 0.633. The molecule has 6 nitrogen and oxygen atoms in total. The molecule has 0 fully saturated rings. The van der Waals surface area contributed by atoms with Crippen LogP contribution in [0.15, 0.2) is 12.1 Å². The predicted molar refractivity (Wildman–Crippen MR) is 49.9 cm³/mol. The highest BCUT2D eigenvalue weighted by Crippen LogP contribution is 2.24. The fraction of sp³-hybridized carbons (Fsp3) is 0.111. The van der Waals surface area contributed by atoms with Crippen LogP contribution in [0, 0.1) is 6.92 Å². The Kier molecular flexibility index (Phi) is 2.91. The topological polar surface area (TPSA) is 110 Å². The van der Waals surface area contributed by atoms with Crippen molar-refractivity contribution in [1.29, 1.82) is 0 Å². The zero-order valence-electron chi connectivity index (χ0n) is 7.85. The molecular weight excluding hydrogens is 202 g/mol. The first-order valence-corrected chi connectivity index (χ1v) is 3.96. The lowest BCUT2D eigenvalue weighted by Gasteiger charge is -2.08. The highest BCUT2D eigenvalue weighted by atomic mass is 16.6. The maximum Gasteiger partial charge on any atom is 0.339 e. The minimum absolute atomic E-state index is 0.0648. The molecule has 0 unspecified atom stereocenters. The van der Waals surface area contributed by atoms with Crippen LogP contribution in [0.2, 0.25) is 0 Å². The van der Waals surface area contributed by atoms with Crippen LogP contribution < -0.4 is 10.7 Å². The molecule has 80 valence electrons. The summed E-state index contributed by atoms with van der Waals surface area (Å²) >= 11 is 0. The monoisotopic (exact) mass is 211 g/mol. The van der Waals surface area contributed by atoms with Crippen molar-refractivity contribution in [3.05, 3.63) is 28.8 Å². The summed E-state index contributed by atoms with van der Waals surface area (Å²) in [6.07, 6.45) is 0. The number of benzene rings is 1. The van der Waals surface area contributed by atoms with Crippen LogP contribution in [0.3, 0.4) is 0 Å². The van der Waals surface area contributed by atoms with Crippen LogP contribution >= 0.6 is 0 Å². The SMILES string of the molecule is Cc1c(C(=O)O)ccc(ON)c1C(=O)O. The van der Waals surface area contributed by atoms with Gasteiger partial charge in [-0.25, -0.2) is 9.59 Å². The standard InChI is InChI=1S/C9H9NO5/c1-4-5(8(11)12)2-3-6(15-10)7(4)9(13)14/h2-3H,10H2,1H3,(H,11,12)(H,13,14). The summed E-state index contributed by atoms with van der Waals surface area (Å²) in [6.45, 7) is 1.38. The van der Waals surface area contributed by atoms with Gasteiger partial charge in [-0.3, -0.25) is 0 Å². The van der Waals surface area contributed by atoms with Gasteiger partial charge in [0.25, 0.3) is 0 Å². The first kappa shape index (κ1) is 11.0. The maximum atomic E-state index is 10.8. The number of nitrogens with two attached hydrogens (primary N) is 1. The van der Waals surface area contributed by atoms with E-state index in [2.05, 4.69) is 4.84 Å². The second-order valence-corrected chi connectivity index (χ2v) is 2.84. The molecule has 0 atom stereocenters. The summed E-state index contributed by atoms with van der Waals surface area (Å²) in [6, 6.07) is 2.45. The summed E-state index contributed by atoms with van der Waals surface area (Å²) in [5.41, 5.74) is -0.219. The van der Waals surface area contributed by atoms with Gasteiger partial charge in [-0.15, -0.1) is 0 Å². The zero-order valence-corrected chi connectivity index (χ0v) is 7.85. The molecule has 0 aromatic heterocycles. The number of carbonyl (C=O) groups is 2. The highest BCUT2D eigenvalue weighted by molar-refractivity contribution is 5.98. The summed E-state index contributed by atoms with van der Waals surface area (Å²) in [5.74, 6) is 2.33. The molecule has 0 heterocycles. The van der Waals surface area contributed by atoms with E-state index in [1.54, 1.807) is 0 Å². The van der Waals surface area contributed by atoms with Gasteiger partial charge in [-0.1, -0.05) is 0 Å². The van der Waals surface area contributed by atoms with Gasteiger partial charge >= 0.3 is 11.9 Å². The molecule has 0 bridgehead atoms. The Morgan fingerprint density at radius 1 is 1.27 bits per heavy atom. The van der Waals surface area contributed by atoms with Gasteiger partial charge in [0.15, 0.2) is 5.75 Å². The third kappa shape index (κ3) is 1.89. The average molecular weight is 211 g/mol. The molecule has 0 saturated heterocycles. The average Bonchev–Trinajstić information content (AvgIpc) is 2.15. The van der Waals surface area contributed by atoms with Gasteiger partial charge in [0, 0.05) is 0 Å². The molecule has 1 rings (SSSR count). The van der Waals surface area contributed by atoms with Crippen molar-refractivity contribution in [2.24, 2.45) is 5.90 Å². The number of hydrogen-bond acceptors (Lipinski definition) is 4. The van der Waals surface area contributed by atoms with E-state index in [4.69, 9.17) is 16.1 Å². The fourth-order valence-electron chi connectivity index (χ4n) is 1.28. The summed E-state index contributed by atoms with van der Waals surface area (Å²) in [4.78, 5) is 25.9. The van der Waals surface area contributed by atoms with Crippen molar-refractivity contribution in [3.63, 3.8) is 0 Å². The van der Waals surface area contributed by atoms with E-state index < -0.39 is 11.9 Å². The van der Waals surface area contributed by atoms with Gasteiger partial charge < -0.3 is 15.1 Å². The normalized spacial score (nSPS) is 9.73. The van der Waals surface area contributed by atoms with Crippen molar-refractivity contribution in [2.75, 3.05) is 0 Å². The van der Waals surface area contributed by atoms with Crippen molar-refractivity contribution >= 4 is 11.9 Å². The van der Waals surface area contributed by atoms with Crippen LogP contribution in [0.5, 0.6) is 5.75 Å². The fourth-order valence-corrected chi connectivity index (χ4v) is 1.28. The number of carboxylic acid groups (broad SMARTS) is 2. The van der Waals surface area contributed by atoms with E-state index >= 15 is 0 Å². The lowest BCUT2D eigenvalue weighted by molar-refractivity contribution is 0.0691. The van der Waals surface area contributed by atoms with Crippen LogP contribution in [0.1, 0.15) is 26.3 Å². The second kappa shape index (κ2) is 3.97. The first-order chi connectivity index (χ1) is 6.99. The van der Waals surface area contributed by atoms with E-state index in [-0.39, 0.29) is 22.4 Å². The second-order valence-electron chi connectivity index (χ2n) is 2.84. The molecule has 0 aliphatic carbocycles. The van der Waals surface area contributed by atoms with Crippen molar-refractivity contribution in [2.45, 2.75) is 6.92 Å². The van der Waals surface area contributed by atoms with Crippen LogP contribution in [-0.4, -0.2) is 22.2 Å². The molecule has 0 radical (unpaired) electrons. The molecule has 6 heteroatoms. The van der Waals surface area contributed by atoms with Gasteiger partial charge in [0.05, 0.1) is 5.56 Å². The molecule has 15 heavy (non-hydrogen) atoms. The van der Waals surface area contributed by atoms with Crippen molar-refractivity contribution in [3.8, 4) is 5.75 Å². The lowest BCUT2D eigenvalue weighted by Crippen LogP contribution is -2.12. The molecule has 0 amide bonds. The van der Waals surface area contributed by atoms with E-state index in [1.165, 1.54) is 19.1 Å². The summed E-state index contributed by atoms with van der Waals surface area (Å²) in [5, 5.41) is 17.6. The van der Waals surface area contributed by atoms with E-state index in [1.807, 2.05) is 0 Å². The maximum absolute atomic E-state index is 10.8. The number of carboxylic acids is 2. The Morgan fingerprint density at radius 3 is 2.27 bits per heavy atom. The van der Waals surface area contributed by atoms with Gasteiger partial charge in [-0.2, -0.15) is 5.90 Å². The Morgan fingerprint density at radius 2 is 1.87 bits per heavy atom. The molecule has 0 saturated carbocycles. The Bertz CT molecular complexity index is 427. The Labute approximate surface area is 84.8 Å². The van der Waals surface area contributed by atoms with Gasteiger partial charge in [0.2, 0.25) is 0 Å². The van der Waals surface area contributed by atoms with Crippen LogP contribution in [0.25, 0.3) is 0 Å². The van der Waals surface area contributed by atoms with Gasteiger partial charge in [0.1, 0.15) is 5.56 Å². The van der Waals surface area contributed by atoms with Crippen molar-refractivity contribution in [1.82, 2.24) is 0 Å². The third-order valence-corrected chi connectivity index (χ3v) is 2.00. The van der Waals surface area contributed by atoms with E-state index in [0.29, 0.717) is 0 Å². The molecule has 0 aliphatic heterocycles. The predicted octanol–water partition coefficient (Wildman–Crippen LogP) is 0.644. The van der Waals surface area contributed by atoms with Crippen LogP contribution in [-0.2, 0) is 0 Å². The number of rotatable bonds is 3. The number of aromatic carboxylic acids is 2. The molecule has 1 aromatic carbocycles. The molecule has 0 aliphatic rings. The van der Waals surface area contributed by atoms with E-state index in [0.717, 1.165) is 0 Å². The lowest BCUT2D eigenvalue weighted by atomic mass is 10.0. The largest absolute Gasteiger partial charge is 0.478 e. The molecule has 1 aromatic rings. The van der Waals surface area contributed by atoms with E-state index in [9.17, 15) is 9.59 Å². The first-order valence-electron chi connectivity index (χ1n) is 3.96. The van der Waals surface area contributed by atoms with Gasteiger partial charge in [-0.05, 0) is 24.6 Å². The summed E-state index contributed by atoms with van der Waals surface area (Å²) < 4.78 is 0. The summed E-state index contributed by atoms with van der Waals surface area (Å²) in [7, 11) is 0. The smallest absolute Gasteiger partial charge is 0.339 e. The third-order valence-electron chi connectivity index (χ3n) is 2.00. The number of hydrogen-bond donors (Lipinski definition) is 3. The minimum Gasteiger partial charge on any atom is -0.478 e. The van der Waals surface area contributed by atoms with Crippen molar-refractivity contribution < 1.29 is 24.6 Å². The molecule has 0 spiro atoms. The highest BCUT2D eigenvalue weighted by Gasteiger charge is 2.20. The molecule has 4 N–H and O–H groups in total. The zero-order chi connectivity index (χ0) is 11.6. The minimum atomic E-state index is -1.28. The Hall–Kier alpha value is -2.08. The molecular formula is C9H9NO5. The van der Waals surface area contributed by atoms with Crippen LogP contribution in [0.4, 0.5) is 0 Å². The Balaban J connectivity index is 3.49.